The molecule has 4 rings (SSSR count). The van der Waals surface area contributed by atoms with Crippen LogP contribution in [-0.4, -0.2) is 70.5 Å². The molecule has 0 bridgehead atoms. The van der Waals surface area contributed by atoms with Crippen molar-refractivity contribution in [2.45, 2.75) is 70.7 Å². The van der Waals surface area contributed by atoms with E-state index in [9.17, 15) is 14.4 Å². The highest BCUT2D eigenvalue weighted by molar-refractivity contribution is 5.91. The standard InChI is InChI=1S/C25H35N3O5/c1-18(2)13-27-14-20(32-17-19-8-4-7-11-26-19)15-28(16-22(27)29)24(31)21-12-23(30)33-25(21)9-5-3-6-10-25/h4,7-8,11,18,20-21H,3,5-6,9-10,12-17H2,1-2H3. The summed E-state index contributed by atoms with van der Waals surface area (Å²) in [6.45, 7) is 5.81. The molecule has 180 valence electrons. The van der Waals surface area contributed by atoms with Crippen molar-refractivity contribution in [2.24, 2.45) is 11.8 Å². The summed E-state index contributed by atoms with van der Waals surface area (Å²) in [5.41, 5.74) is 0.0984. The number of amides is 2. The van der Waals surface area contributed by atoms with E-state index in [0.29, 0.717) is 32.2 Å². The summed E-state index contributed by atoms with van der Waals surface area (Å²) < 4.78 is 11.9. The van der Waals surface area contributed by atoms with Gasteiger partial charge in [0.1, 0.15) is 5.60 Å². The van der Waals surface area contributed by atoms with Gasteiger partial charge in [0, 0.05) is 25.8 Å². The number of rotatable bonds is 6. The zero-order chi connectivity index (χ0) is 23.4. The molecule has 2 saturated heterocycles. The summed E-state index contributed by atoms with van der Waals surface area (Å²) in [5, 5.41) is 0. The van der Waals surface area contributed by atoms with Crippen molar-refractivity contribution in [3.63, 3.8) is 0 Å². The molecule has 1 aromatic rings. The minimum atomic E-state index is -0.705. The van der Waals surface area contributed by atoms with E-state index in [-0.39, 0.29) is 36.9 Å². The van der Waals surface area contributed by atoms with Crippen molar-refractivity contribution in [3.8, 4) is 0 Å². The molecule has 2 atom stereocenters. The summed E-state index contributed by atoms with van der Waals surface area (Å²) in [7, 11) is 0. The summed E-state index contributed by atoms with van der Waals surface area (Å²) in [6.07, 6.45) is 5.92. The third kappa shape index (κ3) is 5.54. The van der Waals surface area contributed by atoms with Crippen LogP contribution in [0.15, 0.2) is 24.4 Å². The van der Waals surface area contributed by atoms with Gasteiger partial charge >= 0.3 is 5.97 Å². The van der Waals surface area contributed by atoms with Gasteiger partial charge in [0.25, 0.3) is 0 Å². The summed E-state index contributed by atoms with van der Waals surface area (Å²) >= 11 is 0. The molecule has 33 heavy (non-hydrogen) atoms. The van der Waals surface area contributed by atoms with E-state index < -0.39 is 11.5 Å². The van der Waals surface area contributed by atoms with Crippen molar-refractivity contribution < 1.29 is 23.9 Å². The first-order valence-corrected chi connectivity index (χ1v) is 12.2. The highest BCUT2D eigenvalue weighted by Crippen LogP contribution is 2.45. The second-order valence-electron chi connectivity index (χ2n) is 10.0. The Balaban J connectivity index is 1.52. The first kappa shape index (κ1) is 23.7. The van der Waals surface area contributed by atoms with Crippen molar-refractivity contribution in [3.05, 3.63) is 30.1 Å². The molecule has 0 aromatic carbocycles. The first-order chi connectivity index (χ1) is 15.9. The fourth-order valence-corrected chi connectivity index (χ4v) is 5.38. The van der Waals surface area contributed by atoms with Crippen LogP contribution in [0.2, 0.25) is 0 Å². The number of ether oxygens (including phenoxy) is 2. The predicted molar refractivity (Wildman–Crippen MR) is 121 cm³/mol. The number of carbonyl (C=O) groups is 3. The normalized spacial score (nSPS) is 25.4. The maximum absolute atomic E-state index is 13.7. The van der Waals surface area contributed by atoms with Crippen LogP contribution >= 0.6 is 0 Å². The Morgan fingerprint density at radius 2 is 2.00 bits per heavy atom. The lowest BCUT2D eigenvalue weighted by Crippen LogP contribution is -2.50. The largest absolute Gasteiger partial charge is 0.458 e. The zero-order valence-electron chi connectivity index (χ0n) is 19.7. The summed E-state index contributed by atoms with van der Waals surface area (Å²) in [5.74, 6) is -0.760. The maximum atomic E-state index is 13.7. The van der Waals surface area contributed by atoms with Crippen LogP contribution in [0.3, 0.4) is 0 Å². The van der Waals surface area contributed by atoms with Gasteiger partial charge in [0.05, 0.1) is 37.3 Å². The third-order valence-electron chi connectivity index (χ3n) is 6.94. The molecule has 2 aliphatic heterocycles. The van der Waals surface area contributed by atoms with Gasteiger partial charge in [-0.1, -0.05) is 26.3 Å². The molecule has 0 N–H and O–H groups in total. The minimum Gasteiger partial charge on any atom is -0.458 e. The average Bonchev–Trinajstić information content (AvgIpc) is 3.01. The topological polar surface area (TPSA) is 89.0 Å². The van der Waals surface area contributed by atoms with Gasteiger partial charge in [0.15, 0.2) is 0 Å². The summed E-state index contributed by atoms with van der Waals surface area (Å²) in [6, 6.07) is 5.65. The SMILES string of the molecule is CC(C)CN1CC(OCc2ccccn2)CN(C(=O)C2CC(=O)OC23CCCCC3)CC1=O. The van der Waals surface area contributed by atoms with E-state index in [1.54, 1.807) is 16.0 Å². The fourth-order valence-electron chi connectivity index (χ4n) is 5.38. The van der Waals surface area contributed by atoms with Crippen molar-refractivity contribution in [2.75, 3.05) is 26.2 Å². The first-order valence-electron chi connectivity index (χ1n) is 12.2. The quantitative estimate of drug-likeness (QED) is 0.610. The molecule has 8 nitrogen and oxygen atoms in total. The van der Waals surface area contributed by atoms with Gasteiger partial charge in [-0.25, -0.2) is 0 Å². The van der Waals surface area contributed by atoms with Crippen LogP contribution < -0.4 is 0 Å². The molecular weight excluding hydrogens is 422 g/mol. The Bertz CT molecular complexity index is 853. The van der Waals surface area contributed by atoms with Gasteiger partial charge in [-0.05, 0) is 43.7 Å². The molecule has 3 heterocycles. The van der Waals surface area contributed by atoms with Crippen LogP contribution in [0, 0.1) is 11.8 Å². The van der Waals surface area contributed by atoms with Crippen LogP contribution in [0.1, 0.15) is 58.1 Å². The van der Waals surface area contributed by atoms with Gasteiger partial charge in [0.2, 0.25) is 11.8 Å². The van der Waals surface area contributed by atoms with Gasteiger partial charge in [-0.15, -0.1) is 0 Å². The fraction of sp³-hybridized carbons (Fsp3) is 0.680. The lowest BCUT2D eigenvalue weighted by Gasteiger charge is -2.38. The highest BCUT2D eigenvalue weighted by Gasteiger charge is 2.54. The molecule has 2 unspecified atom stereocenters. The maximum Gasteiger partial charge on any atom is 0.307 e. The lowest BCUT2D eigenvalue weighted by atomic mass is 9.75. The second-order valence-corrected chi connectivity index (χ2v) is 10.0. The molecule has 1 aromatic heterocycles. The van der Waals surface area contributed by atoms with Gasteiger partial charge in [-0.2, -0.15) is 0 Å². The monoisotopic (exact) mass is 457 g/mol. The Morgan fingerprint density at radius 3 is 2.70 bits per heavy atom. The van der Waals surface area contributed by atoms with Gasteiger partial charge in [-0.3, -0.25) is 19.4 Å². The van der Waals surface area contributed by atoms with Gasteiger partial charge < -0.3 is 19.3 Å². The lowest BCUT2D eigenvalue weighted by molar-refractivity contribution is -0.157. The number of carbonyl (C=O) groups excluding carboxylic acids is 3. The molecule has 1 aliphatic carbocycles. The number of esters is 1. The molecular formula is C25H35N3O5. The van der Waals surface area contributed by atoms with E-state index in [4.69, 9.17) is 9.47 Å². The number of pyridine rings is 1. The minimum absolute atomic E-state index is 0.00969. The Hall–Kier alpha value is -2.48. The van der Waals surface area contributed by atoms with E-state index in [2.05, 4.69) is 18.8 Å². The Labute approximate surface area is 195 Å². The molecule has 1 spiro atoms. The Morgan fingerprint density at radius 1 is 1.21 bits per heavy atom. The van der Waals surface area contributed by atoms with E-state index >= 15 is 0 Å². The number of nitrogens with zero attached hydrogens (tertiary/aromatic N) is 3. The highest BCUT2D eigenvalue weighted by atomic mass is 16.6. The number of hydrogen-bond acceptors (Lipinski definition) is 6. The van der Waals surface area contributed by atoms with Crippen LogP contribution in [0.25, 0.3) is 0 Å². The zero-order valence-corrected chi connectivity index (χ0v) is 19.7. The van der Waals surface area contributed by atoms with E-state index in [1.807, 2.05) is 18.2 Å². The number of aromatic nitrogens is 1. The average molecular weight is 458 g/mol. The molecule has 3 fully saturated rings. The van der Waals surface area contributed by atoms with Crippen LogP contribution in [0.4, 0.5) is 0 Å². The predicted octanol–water partition coefficient (Wildman–Crippen LogP) is 2.56. The number of hydrogen-bond donors (Lipinski definition) is 0. The van der Waals surface area contributed by atoms with E-state index in [1.165, 1.54) is 0 Å². The van der Waals surface area contributed by atoms with Crippen molar-refractivity contribution >= 4 is 17.8 Å². The Kier molecular flexibility index (Phi) is 7.32. The van der Waals surface area contributed by atoms with Crippen molar-refractivity contribution in [1.82, 2.24) is 14.8 Å². The molecule has 8 heteroatoms. The van der Waals surface area contributed by atoms with E-state index in [0.717, 1.165) is 37.8 Å². The molecule has 2 amide bonds. The third-order valence-corrected chi connectivity index (χ3v) is 6.94. The summed E-state index contributed by atoms with van der Waals surface area (Å²) in [4.78, 5) is 46.8. The van der Waals surface area contributed by atoms with Crippen molar-refractivity contribution in [1.29, 1.82) is 0 Å². The van der Waals surface area contributed by atoms with Crippen LogP contribution in [0.5, 0.6) is 0 Å². The molecule has 0 radical (unpaired) electrons. The smallest absolute Gasteiger partial charge is 0.307 e. The second kappa shape index (κ2) is 10.2. The van der Waals surface area contributed by atoms with Crippen LogP contribution in [-0.2, 0) is 30.5 Å². The molecule has 1 saturated carbocycles. The molecule has 3 aliphatic rings.